The van der Waals surface area contributed by atoms with E-state index in [-0.39, 0.29) is 18.1 Å². The highest BCUT2D eigenvalue weighted by Crippen LogP contribution is 2.22. The minimum Gasteiger partial charge on any atom is -0.376 e. The minimum atomic E-state index is -0.0677. The molecule has 2 N–H and O–H groups in total. The van der Waals surface area contributed by atoms with E-state index in [9.17, 15) is 4.79 Å². The van der Waals surface area contributed by atoms with Crippen LogP contribution in [0, 0.1) is 0 Å². The number of nitrogens with zero attached hydrogens (tertiary/aromatic N) is 1. The summed E-state index contributed by atoms with van der Waals surface area (Å²) in [6.07, 6.45) is 6.60. The van der Waals surface area contributed by atoms with Crippen molar-refractivity contribution in [1.29, 1.82) is 0 Å². The molecule has 5 heteroatoms. The van der Waals surface area contributed by atoms with E-state index in [0.29, 0.717) is 11.8 Å². The molecule has 0 aliphatic heterocycles. The Morgan fingerprint density at radius 1 is 1.43 bits per heavy atom. The molecule has 1 saturated carbocycles. The van der Waals surface area contributed by atoms with Crippen LogP contribution in [0.1, 0.15) is 69.1 Å². The fourth-order valence-corrected chi connectivity index (χ4v) is 2.86. The van der Waals surface area contributed by atoms with Crippen molar-refractivity contribution in [3.63, 3.8) is 0 Å². The van der Waals surface area contributed by atoms with Crippen LogP contribution in [-0.2, 0) is 11.2 Å². The number of hydrogen-bond acceptors (Lipinski definition) is 3. The van der Waals surface area contributed by atoms with Gasteiger partial charge in [-0.25, -0.2) is 0 Å². The average Bonchev–Trinajstić information content (AvgIpc) is 2.89. The van der Waals surface area contributed by atoms with Crippen LogP contribution in [0.25, 0.3) is 0 Å². The summed E-state index contributed by atoms with van der Waals surface area (Å²) in [5, 5.41) is 10.1. The first-order valence-corrected chi connectivity index (χ1v) is 8.09. The van der Waals surface area contributed by atoms with Gasteiger partial charge in [0, 0.05) is 11.7 Å². The topological polar surface area (TPSA) is 67.0 Å². The Hall–Kier alpha value is -1.36. The van der Waals surface area contributed by atoms with Gasteiger partial charge in [0.1, 0.15) is 5.69 Å². The number of hydrogen-bond donors (Lipinski definition) is 2. The monoisotopic (exact) mass is 293 g/mol. The lowest BCUT2D eigenvalue weighted by Crippen LogP contribution is -2.39. The van der Waals surface area contributed by atoms with E-state index >= 15 is 0 Å². The lowest BCUT2D eigenvalue weighted by atomic mass is 9.92. The Kier molecular flexibility index (Phi) is 5.79. The van der Waals surface area contributed by atoms with Crippen LogP contribution >= 0.6 is 0 Å². The molecule has 0 atom stereocenters. The van der Waals surface area contributed by atoms with Crippen LogP contribution in [0.2, 0.25) is 0 Å². The maximum atomic E-state index is 12.2. The summed E-state index contributed by atoms with van der Waals surface area (Å²) in [5.41, 5.74) is 1.52. The average molecular weight is 293 g/mol. The highest BCUT2D eigenvalue weighted by atomic mass is 16.5. The maximum Gasteiger partial charge on any atom is 0.271 e. The Morgan fingerprint density at radius 3 is 2.76 bits per heavy atom. The van der Waals surface area contributed by atoms with E-state index in [1.807, 2.05) is 6.07 Å². The Morgan fingerprint density at radius 2 is 2.14 bits per heavy atom. The molecular weight excluding hydrogens is 266 g/mol. The van der Waals surface area contributed by atoms with E-state index in [1.54, 1.807) is 0 Å². The number of aromatic nitrogens is 2. The fourth-order valence-electron chi connectivity index (χ4n) is 2.86. The molecule has 1 aliphatic carbocycles. The Balaban J connectivity index is 1.78. The van der Waals surface area contributed by atoms with E-state index in [4.69, 9.17) is 4.74 Å². The lowest BCUT2D eigenvalue weighted by molar-refractivity contribution is -0.0159. The molecule has 5 nitrogen and oxygen atoms in total. The number of carbonyl (C=O) groups excluding carboxylic acids is 1. The molecule has 2 rings (SSSR count). The zero-order valence-electron chi connectivity index (χ0n) is 13.3. The van der Waals surface area contributed by atoms with Crippen molar-refractivity contribution >= 4 is 5.91 Å². The Bertz CT molecular complexity index is 448. The molecule has 1 aromatic heterocycles. The molecule has 0 radical (unpaired) electrons. The van der Waals surface area contributed by atoms with Gasteiger partial charge >= 0.3 is 0 Å². The van der Waals surface area contributed by atoms with Crippen LogP contribution in [-0.4, -0.2) is 34.4 Å². The van der Waals surface area contributed by atoms with Crippen molar-refractivity contribution in [3.8, 4) is 0 Å². The first-order chi connectivity index (χ1) is 10.1. The van der Waals surface area contributed by atoms with Gasteiger partial charge in [-0.2, -0.15) is 5.10 Å². The van der Waals surface area contributed by atoms with Crippen molar-refractivity contribution in [2.45, 2.75) is 77.5 Å². The molecule has 1 aromatic rings. The summed E-state index contributed by atoms with van der Waals surface area (Å²) >= 11 is 0. The lowest BCUT2D eigenvalue weighted by Gasteiger charge is -2.30. The van der Waals surface area contributed by atoms with Crippen LogP contribution in [0.5, 0.6) is 0 Å². The number of nitrogens with one attached hydrogen (secondary N) is 2. The van der Waals surface area contributed by atoms with E-state index in [0.717, 1.165) is 44.2 Å². The Labute approximate surface area is 126 Å². The summed E-state index contributed by atoms with van der Waals surface area (Å²) in [6.45, 7) is 6.25. The molecule has 0 unspecified atom stereocenters. The number of rotatable bonds is 6. The van der Waals surface area contributed by atoms with Gasteiger partial charge in [-0.05, 0) is 52.0 Å². The molecule has 21 heavy (non-hydrogen) atoms. The van der Waals surface area contributed by atoms with Gasteiger partial charge in [-0.1, -0.05) is 13.3 Å². The van der Waals surface area contributed by atoms with Crippen LogP contribution in [0.3, 0.4) is 0 Å². The van der Waals surface area contributed by atoms with Gasteiger partial charge in [0.05, 0.1) is 12.2 Å². The number of aromatic amines is 1. The largest absolute Gasteiger partial charge is 0.376 e. The van der Waals surface area contributed by atoms with Crippen LogP contribution in [0.15, 0.2) is 6.07 Å². The van der Waals surface area contributed by atoms with Crippen molar-refractivity contribution in [2.75, 3.05) is 0 Å². The molecular formula is C16H27N3O2. The highest BCUT2D eigenvalue weighted by molar-refractivity contribution is 5.92. The SMILES string of the molecule is CCCc1cc(C(=O)NC2CCC(OC(C)C)CC2)n[nH]1. The van der Waals surface area contributed by atoms with Crippen LogP contribution in [0.4, 0.5) is 0 Å². The van der Waals surface area contributed by atoms with Crippen molar-refractivity contribution in [3.05, 3.63) is 17.5 Å². The van der Waals surface area contributed by atoms with Crippen molar-refractivity contribution in [2.24, 2.45) is 0 Å². The molecule has 118 valence electrons. The smallest absolute Gasteiger partial charge is 0.271 e. The fraction of sp³-hybridized carbons (Fsp3) is 0.750. The van der Waals surface area contributed by atoms with Crippen molar-refractivity contribution in [1.82, 2.24) is 15.5 Å². The number of ether oxygens (including phenoxy) is 1. The van der Waals surface area contributed by atoms with Crippen LogP contribution < -0.4 is 5.32 Å². The van der Waals surface area contributed by atoms with Gasteiger partial charge in [0.15, 0.2) is 0 Å². The van der Waals surface area contributed by atoms with Gasteiger partial charge < -0.3 is 10.1 Å². The molecule has 1 heterocycles. The minimum absolute atomic E-state index is 0.0677. The molecule has 1 aliphatic rings. The van der Waals surface area contributed by atoms with E-state index < -0.39 is 0 Å². The summed E-state index contributed by atoms with van der Waals surface area (Å²) in [6, 6.07) is 2.10. The second-order valence-corrected chi connectivity index (χ2v) is 6.16. The summed E-state index contributed by atoms with van der Waals surface area (Å²) in [4.78, 5) is 12.2. The van der Waals surface area contributed by atoms with E-state index in [1.165, 1.54) is 0 Å². The first-order valence-electron chi connectivity index (χ1n) is 8.09. The summed E-state index contributed by atoms with van der Waals surface area (Å²) < 4.78 is 5.83. The standard InChI is InChI=1S/C16H27N3O2/c1-4-5-13-10-15(19-18-13)16(20)17-12-6-8-14(9-7-12)21-11(2)3/h10-12,14H,4-9H2,1-3H3,(H,17,20)(H,18,19). The third-order valence-corrected chi connectivity index (χ3v) is 3.86. The quantitative estimate of drug-likeness (QED) is 0.847. The third kappa shape index (κ3) is 4.84. The highest BCUT2D eigenvalue weighted by Gasteiger charge is 2.24. The predicted molar refractivity (Wildman–Crippen MR) is 82.3 cm³/mol. The van der Waals surface area contributed by atoms with E-state index in [2.05, 4.69) is 36.3 Å². The summed E-state index contributed by atoms with van der Waals surface area (Å²) in [7, 11) is 0. The van der Waals surface area contributed by atoms with Crippen molar-refractivity contribution < 1.29 is 9.53 Å². The van der Waals surface area contributed by atoms with Gasteiger partial charge in [0.25, 0.3) is 5.91 Å². The normalized spacial score (nSPS) is 22.5. The summed E-state index contributed by atoms with van der Waals surface area (Å²) in [5.74, 6) is -0.0677. The number of amides is 1. The number of carbonyl (C=O) groups is 1. The first kappa shape index (κ1) is 16.0. The maximum absolute atomic E-state index is 12.2. The molecule has 0 aromatic carbocycles. The molecule has 0 bridgehead atoms. The zero-order valence-corrected chi connectivity index (χ0v) is 13.3. The van der Waals surface area contributed by atoms with Gasteiger partial charge in [0.2, 0.25) is 0 Å². The zero-order chi connectivity index (χ0) is 15.2. The second kappa shape index (κ2) is 7.59. The number of H-pyrrole nitrogens is 1. The molecule has 0 saturated heterocycles. The third-order valence-electron chi connectivity index (χ3n) is 3.86. The molecule has 1 amide bonds. The van der Waals surface area contributed by atoms with Gasteiger partial charge in [-0.15, -0.1) is 0 Å². The predicted octanol–water partition coefficient (Wildman–Crippen LogP) is 2.83. The van der Waals surface area contributed by atoms with Gasteiger partial charge in [-0.3, -0.25) is 9.89 Å². The molecule has 0 spiro atoms. The number of aryl methyl sites for hydroxylation is 1. The molecule has 1 fully saturated rings. The second-order valence-electron chi connectivity index (χ2n) is 6.16.